The first kappa shape index (κ1) is 12.1. The molecule has 2 nitrogen and oxygen atoms in total. The number of carbonyl (C=O) groups excluding carboxylic acids is 1. The molecule has 0 aliphatic heterocycles. The molecule has 4 heteroatoms. The van der Waals surface area contributed by atoms with Crippen molar-refractivity contribution in [3.63, 3.8) is 0 Å². The maximum Gasteiger partial charge on any atom is 0.252 e. The number of nitrogens with one attached hydrogen (secondary N) is 1. The van der Waals surface area contributed by atoms with Gasteiger partial charge in [0.2, 0.25) is 0 Å². The maximum absolute atomic E-state index is 11.8. The van der Waals surface area contributed by atoms with Gasteiger partial charge in [-0.3, -0.25) is 4.79 Å². The highest BCUT2D eigenvalue weighted by molar-refractivity contribution is 9.11. The number of rotatable bonds is 3. The Labute approximate surface area is 109 Å². The number of amides is 1. The van der Waals surface area contributed by atoms with E-state index in [2.05, 4.69) is 21.2 Å². The van der Waals surface area contributed by atoms with Crippen molar-refractivity contribution in [1.29, 1.82) is 0 Å². The molecule has 1 saturated carbocycles. The molecule has 1 amide bonds. The summed E-state index contributed by atoms with van der Waals surface area (Å²) in [6, 6.07) is 1.88. The number of thiophene rings is 1. The maximum atomic E-state index is 11.8. The summed E-state index contributed by atoms with van der Waals surface area (Å²) in [7, 11) is 0. The Morgan fingerprint density at radius 2 is 2.19 bits per heavy atom. The van der Waals surface area contributed by atoms with Gasteiger partial charge in [-0.25, -0.2) is 0 Å². The minimum absolute atomic E-state index is 0.0625. The largest absolute Gasteiger partial charge is 0.352 e. The quantitative estimate of drug-likeness (QED) is 0.903. The minimum atomic E-state index is 0.0625. The molecule has 88 valence electrons. The van der Waals surface area contributed by atoms with Crippen LogP contribution in [0.3, 0.4) is 0 Å². The van der Waals surface area contributed by atoms with Crippen molar-refractivity contribution in [2.45, 2.75) is 32.1 Å². The molecule has 1 heterocycles. The van der Waals surface area contributed by atoms with E-state index in [9.17, 15) is 4.79 Å². The van der Waals surface area contributed by atoms with Gasteiger partial charge in [-0.1, -0.05) is 19.3 Å². The monoisotopic (exact) mass is 301 g/mol. The molecular weight excluding hydrogens is 286 g/mol. The van der Waals surface area contributed by atoms with Gasteiger partial charge in [-0.15, -0.1) is 11.3 Å². The summed E-state index contributed by atoms with van der Waals surface area (Å²) in [6.45, 7) is 0.840. The second-order valence-corrected chi connectivity index (χ2v) is 6.64. The van der Waals surface area contributed by atoms with E-state index in [0.717, 1.165) is 15.9 Å². The first-order valence-electron chi connectivity index (χ1n) is 5.78. The number of halogens is 1. The highest BCUT2D eigenvalue weighted by atomic mass is 79.9. The Bertz CT molecular complexity index is 358. The zero-order valence-electron chi connectivity index (χ0n) is 9.17. The fourth-order valence-corrected chi connectivity index (χ4v) is 3.30. The molecule has 0 unspecified atom stereocenters. The van der Waals surface area contributed by atoms with Crippen LogP contribution in [0.15, 0.2) is 15.2 Å². The smallest absolute Gasteiger partial charge is 0.252 e. The molecule has 1 N–H and O–H groups in total. The topological polar surface area (TPSA) is 29.1 Å². The fourth-order valence-electron chi connectivity index (χ4n) is 2.16. The molecular formula is C12H16BrNOS. The van der Waals surface area contributed by atoms with Crippen LogP contribution in [0.1, 0.15) is 42.5 Å². The van der Waals surface area contributed by atoms with Crippen LogP contribution in [-0.2, 0) is 0 Å². The lowest BCUT2D eigenvalue weighted by atomic mass is 9.89. The molecule has 1 aliphatic rings. The lowest BCUT2D eigenvalue weighted by molar-refractivity contribution is 0.0944. The third-order valence-electron chi connectivity index (χ3n) is 3.11. The summed E-state index contributed by atoms with van der Waals surface area (Å²) in [5.74, 6) is 0.757. The van der Waals surface area contributed by atoms with Gasteiger partial charge in [0.1, 0.15) is 0 Å². The van der Waals surface area contributed by atoms with E-state index in [0.29, 0.717) is 5.92 Å². The molecule has 0 aromatic carbocycles. The molecule has 1 aliphatic carbocycles. The Morgan fingerprint density at radius 3 is 2.81 bits per heavy atom. The van der Waals surface area contributed by atoms with Crippen LogP contribution in [0.5, 0.6) is 0 Å². The van der Waals surface area contributed by atoms with Crippen molar-refractivity contribution < 1.29 is 4.79 Å². The normalized spacial score (nSPS) is 17.3. The van der Waals surface area contributed by atoms with Crippen LogP contribution in [0.2, 0.25) is 0 Å². The molecule has 1 aromatic heterocycles. The second-order valence-electron chi connectivity index (χ2n) is 4.35. The van der Waals surface area contributed by atoms with Crippen LogP contribution >= 0.6 is 27.3 Å². The molecule has 16 heavy (non-hydrogen) atoms. The molecule has 0 bridgehead atoms. The van der Waals surface area contributed by atoms with Gasteiger partial charge >= 0.3 is 0 Å². The lowest BCUT2D eigenvalue weighted by Gasteiger charge is -2.21. The zero-order valence-corrected chi connectivity index (χ0v) is 11.6. The second kappa shape index (κ2) is 5.82. The zero-order chi connectivity index (χ0) is 11.4. The van der Waals surface area contributed by atoms with Crippen molar-refractivity contribution in [1.82, 2.24) is 5.32 Å². The predicted octanol–water partition coefficient (Wildman–Crippen LogP) is 3.82. The van der Waals surface area contributed by atoms with Crippen molar-refractivity contribution in [2.24, 2.45) is 5.92 Å². The molecule has 0 spiro atoms. The van der Waals surface area contributed by atoms with Crippen LogP contribution < -0.4 is 5.32 Å². The minimum Gasteiger partial charge on any atom is -0.352 e. The standard InChI is InChI=1S/C12H16BrNOS/c13-11-6-10(8-16-11)12(15)14-7-9-4-2-1-3-5-9/h6,8-9H,1-5,7H2,(H,14,15). The lowest BCUT2D eigenvalue weighted by Crippen LogP contribution is -2.29. The van der Waals surface area contributed by atoms with E-state index in [1.54, 1.807) is 11.3 Å². The van der Waals surface area contributed by atoms with Crippen LogP contribution in [0.4, 0.5) is 0 Å². The Hall–Kier alpha value is -0.350. The highest BCUT2D eigenvalue weighted by Gasteiger charge is 2.15. The van der Waals surface area contributed by atoms with Gasteiger partial charge in [0.15, 0.2) is 0 Å². The van der Waals surface area contributed by atoms with Crippen molar-refractivity contribution >= 4 is 33.2 Å². The first-order chi connectivity index (χ1) is 7.75. The van der Waals surface area contributed by atoms with E-state index in [1.165, 1.54) is 32.1 Å². The summed E-state index contributed by atoms with van der Waals surface area (Å²) < 4.78 is 1.01. The van der Waals surface area contributed by atoms with Gasteiger partial charge in [0, 0.05) is 11.9 Å². The molecule has 0 atom stereocenters. The average Bonchev–Trinajstić information content (AvgIpc) is 2.74. The molecule has 2 rings (SSSR count). The third kappa shape index (κ3) is 3.32. The average molecular weight is 302 g/mol. The van der Waals surface area contributed by atoms with Gasteiger partial charge in [-0.05, 0) is 40.8 Å². The van der Waals surface area contributed by atoms with Crippen molar-refractivity contribution in [3.8, 4) is 0 Å². The van der Waals surface area contributed by atoms with Crippen LogP contribution in [0.25, 0.3) is 0 Å². The third-order valence-corrected chi connectivity index (χ3v) is 4.61. The SMILES string of the molecule is O=C(NCC1CCCCC1)c1csc(Br)c1. The number of hydrogen-bond acceptors (Lipinski definition) is 2. The van der Waals surface area contributed by atoms with Gasteiger partial charge in [0.25, 0.3) is 5.91 Å². The fraction of sp³-hybridized carbons (Fsp3) is 0.583. The molecule has 0 saturated heterocycles. The number of carbonyl (C=O) groups is 1. The van der Waals surface area contributed by atoms with E-state index in [1.807, 2.05) is 11.4 Å². The Morgan fingerprint density at radius 1 is 1.44 bits per heavy atom. The van der Waals surface area contributed by atoms with Crippen molar-refractivity contribution in [2.75, 3.05) is 6.54 Å². The summed E-state index contributed by atoms with van der Waals surface area (Å²) in [5.41, 5.74) is 0.771. The van der Waals surface area contributed by atoms with E-state index < -0.39 is 0 Å². The Balaban J connectivity index is 1.79. The van der Waals surface area contributed by atoms with Crippen LogP contribution in [0, 0.1) is 5.92 Å². The molecule has 1 aromatic rings. The van der Waals surface area contributed by atoms with Gasteiger partial charge in [0.05, 0.1) is 9.35 Å². The molecule has 0 radical (unpaired) electrons. The van der Waals surface area contributed by atoms with Gasteiger partial charge < -0.3 is 5.32 Å². The molecule has 1 fully saturated rings. The van der Waals surface area contributed by atoms with E-state index in [-0.39, 0.29) is 5.91 Å². The predicted molar refractivity (Wildman–Crippen MR) is 70.9 cm³/mol. The summed E-state index contributed by atoms with van der Waals surface area (Å²) in [4.78, 5) is 11.8. The summed E-state index contributed by atoms with van der Waals surface area (Å²) in [5, 5.41) is 4.92. The highest BCUT2D eigenvalue weighted by Crippen LogP contribution is 2.23. The van der Waals surface area contributed by atoms with E-state index >= 15 is 0 Å². The Kier molecular flexibility index (Phi) is 4.41. The first-order valence-corrected chi connectivity index (χ1v) is 7.45. The van der Waals surface area contributed by atoms with Gasteiger partial charge in [-0.2, -0.15) is 0 Å². The number of hydrogen-bond donors (Lipinski definition) is 1. The van der Waals surface area contributed by atoms with Crippen LogP contribution in [-0.4, -0.2) is 12.5 Å². The van der Waals surface area contributed by atoms with E-state index in [4.69, 9.17) is 0 Å². The summed E-state index contributed by atoms with van der Waals surface area (Å²) in [6.07, 6.45) is 6.55. The van der Waals surface area contributed by atoms with Crippen molar-refractivity contribution in [3.05, 3.63) is 20.8 Å². The summed E-state index contributed by atoms with van der Waals surface area (Å²) >= 11 is 4.92.